The number of aliphatic carboxylic acids is 1. The lowest BCUT2D eigenvalue weighted by atomic mass is 9.92. The number of rotatable bonds is 9. The van der Waals surface area contributed by atoms with Crippen molar-refractivity contribution in [1.82, 2.24) is 10.2 Å². The van der Waals surface area contributed by atoms with Crippen LogP contribution in [0.1, 0.15) is 26.7 Å². The molecule has 2 atom stereocenters. The number of hydrogen-bond acceptors (Lipinski definition) is 4. The topological polar surface area (TPSA) is 61.8 Å². The molecule has 5 heteroatoms. The Morgan fingerprint density at radius 1 is 1.61 bits per heavy atom. The van der Waals surface area contributed by atoms with Gasteiger partial charge in [0.1, 0.15) is 5.54 Å². The van der Waals surface area contributed by atoms with Crippen LogP contribution in [0, 0.1) is 5.92 Å². The van der Waals surface area contributed by atoms with Crippen molar-refractivity contribution in [2.24, 2.45) is 5.92 Å². The summed E-state index contributed by atoms with van der Waals surface area (Å²) in [6.07, 6.45) is 2.01. The second-order valence-electron chi connectivity index (χ2n) is 5.17. The minimum Gasteiger partial charge on any atom is -0.480 e. The molecule has 106 valence electrons. The predicted octanol–water partition coefficient (Wildman–Crippen LogP) is 0.796. The van der Waals surface area contributed by atoms with E-state index in [2.05, 4.69) is 24.1 Å². The zero-order chi connectivity index (χ0) is 13.8. The Morgan fingerprint density at radius 3 is 2.56 bits per heavy atom. The van der Waals surface area contributed by atoms with Crippen LogP contribution >= 0.6 is 0 Å². The van der Waals surface area contributed by atoms with Gasteiger partial charge in [0.2, 0.25) is 0 Å². The molecular weight excluding hydrogens is 232 g/mol. The fraction of sp³-hybridized carbons (Fsp3) is 0.923. The van der Waals surface area contributed by atoms with Crippen molar-refractivity contribution in [2.45, 2.75) is 38.3 Å². The highest BCUT2D eigenvalue weighted by molar-refractivity contribution is 5.80. The van der Waals surface area contributed by atoms with Gasteiger partial charge >= 0.3 is 5.97 Å². The van der Waals surface area contributed by atoms with Gasteiger partial charge in [0.15, 0.2) is 0 Å². The lowest BCUT2D eigenvalue weighted by molar-refractivity contribution is -0.147. The molecule has 0 amide bonds. The largest absolute Gasteiger partial charge is 0.480 e. The Kier molecular flexibility index (Phi) is 5.56. The lowest BCUT2D eigenvalue weighted by Crippen LogP contribution is -2.61. The molecule has 0 aromatic carbocycles. The molecule has 1 aliphatic carbocycles. The highest BCUT2D eigenvalue weighted by Crippen LogP contribution is 2.40. The van der Waals surface area contributed by atoms with Crippen molar-refractivity contribution in [2.75, 3.05) is 33.9 Å². The number of carbonyl (C=O) groups is 1. The average Bonchev–Trinajstić information content (AvgIpc) is 3.15. The van der Waals surface area contributed by atoms with Gasteiger partial charge < -0.3 is 15.2 Å². The zero-order valence-electron chi connectivity index (χ0n) is 11.9. The molecule has 0 heterocycles. The van der Waals surface area contributed by atoms with Crippen molar-refractivity contribution in [3.05, 3.63) is 0 Å². The lowest BCUT2D eigenvalue weighted by Gasteiger charge is -2.37. The third-order valence-electron chi connectivity index (χ3n) is 3.99. The van der Waals surface area contributed by atoms with Crippen LogP contribution in [-0.2, 0) is 9.53 Å². The maximum atomic E-state index is 11.6. The van der Waals surface area contributed by atoms with Crippen LogP contribution in [0.3, 0.4) is 0 Å². The smallest absolute Gasteiger partial charge is 0.325 e. The monoisotopic (exact) mass is 258 g/mol. The van der Waals surface area contributed by atoms with Gasteiger partial charge in [0.25, 0.3) is 0 Å². The fourth-order valence-corrected chi connectivity index (χ4v) is 2.58. The number of likely N-dealkylation sites (N-methyl/N-ethyl adjacent to an activating group) is 2. The van der Waals surface area contributed by atoms with E-state index < -0.39 is 11.5 Å². The summed E-state index contributed by atoms with van der Waals surface area (Å²) in [5, 5.41) is 12.6. The van der Waals surface area contributed by atoms with Crippen molar-refractivity contribution in [3.8, 4) is 0 Å². The van der Waals surface area contributed by atoms with E-state index in [0.717, 1.165) is 19.4 Å². The average molecular weight is 258 g/mol. The van der Waals surface area contributed by atoms with Gasteiger partial charge in [0.05, 0.1) is 6.61 Å². The van der Waals surface area contributed by atoms with Crippen LogP contribution in [0.15, 0.2) is 0 Å². The van der Waals surface area contributed by atoms with Crippen LogP contribution in [0.4, 0.5) is 0 Å². The number of nitrogens with one attached hydrogen (secondary N) is 1. The summed E-state index contributed by atoms with van der Waals surface area (Å²) < 4.78 is 5.16. The molecule has 1 aliphatic rings. The van der Waals surface area contributed by atoms with E-state index in [1.165, 1.54) is 0 Å². The normalized spacial score (nSPS) is 20.7. The summed E-state index contributed by atoms with van der Waals surface area (Å²) in [4.78, 5) is 13.8. The van der Waals surface area contributed by atoms with E-state index in [1.807, 2.05) is 0 Å². The van der Waals surface area contributed by atoms with Gasteiger partial charge in [-0.1, -0.05) is 6.92 Å². The number of hydrogen-bond donors (Lipinski definition) is 2. The molecule has 0 spiro atoms. The van der Waals surface area contributed by atoms with Crippen LogP contribution in [-0.4, -0.2) is 61.4 Å². The summed E-state index contributed by atoms with van der Waals surface area (Å²) in [6, 6.07) is 0.228. The quantitative estimate of drug-likeness (QED) is 0.640. The maximum absolute atomic E-state index is 11.6. The molecule has 0 aromatic rings. The van der Waals surface area contributed by atoms with Gasteiger partial charge in [-0.2, -0.15) is 0 Å². The van der Waals surface area contributed by atoms with E-state index in [4.69, 9.17) is 4.74 Å². The van der Waals surface area contributed by atoms with Gasteiger partial charge in [-0.05, 0) is 39.3 Å². The van der Waals surface area contributed by atoms with Crippen molar-refractivity contribution in [1.29, 1.82) is 0 Å². The number of carboxylic acid groups (broad SMARTS) is 1. The predicted molar refractivity (Wildman–Crippen MR) is 70.7 cm³/mol. The first-order chi connectivity index (χ1) is 8.51. The van der Waals surface area contributed by atoms with Crippen molar-refractivity contribution in [3.63, 3.8) is 0 Å². The van der Waals surface area contributed by atoms with E-state index in [0.29, 0.717) is 13.2 Å². The van der Waals surface area contributed by atoms with E-state index >= 15 is 0 Å². The Bertz CT molecular complexity index is 281. The van der Waals surface area contributed by atoms with Gasteiger partial charge in [-0.25, -0.2) is 0 Å². The zero-order valence-corrected chi connectivity index (χ0v) is 11.9. The van der Waals surface area contributed by atoms with E-state index in [-0.39, 0.29) is 12.0 Å². The molecular formula is C13H26N2O3. The Labute approximate surface area is 109 Å². The maximum Gasteiger partial charge on any atom is 0.325 e. The van der Waals surface area contributed by atoms with E-state index in [9.17, 15) is 9.90 Å². The first-order valence-corrected chi connectivity index (χ1v) is 6.67. The third kappa shape index (κ3) is 3.22. The van der Waals surface area contributed by atoms with Crippen LogP contribution < -0.4 is 5.32 Å². The van der Waals surface area contributed by atoms with Gasteiger partial charge in [-0.3, -0.25) is 9.69 Å². The van der Waals surface area contributed by atoms with Crippen molar-refractivity contribution < 1.29 is 14.6 Å². The summed E-state index contributed by atoms with van der Waals surface area (Å²) in [7, 11) is 3.43. The minimum atomic E-state index is -0.808. The van der Waals surface area contributed by atoms with Crippen LogP contribution in [0.25, 0.3) is 0 Å². The molecule has 2 unspecified atom stereocenters. The summed E-state index contributed by atoms with van der Waals surface area (Å²) in [5.74, 6) is -0.487. The Hall–Kier alpha value is -0.650. The SMILES string of the molecule is CCN(CC(NC)(C(=O)O)C1CC1)C(C)COC. The molecule has 1 rings (SSSR count). The molecule has 0 radical (unpaired) electrons. The molecule has 18 heavy (non-hydrogen) atoms. The first kappa shape index (κ1) is 15.4. The molecule has 0 aliphatic heterocycles. The molecule has 1 saturated carbocycles. The number of methoxy groups -OCH3 is 1. The van der Waals surface area contributed by atoms with Crippen LogP contribution in [0.2, 0.25) is 0 Å². The standard InChI is InChI=1S/C13H26N2O3/c1-5-15(10(2)8-18-4)9-13(14-3,12(16)17)11-6-7-11/h10-11,14H,5-9H2,1-4H3,(H,16,17). The second-order valence-corrected chi connectivity index (χ2v) is 5.17. The molecule has 2 N–H and O–H groups in total. The number of ether oxygens (including phenoxy) is 1. The van der Waals surface area contributed by atoms with Gasteiger partial charge in [-0.15, -0.1) is 0 Å². The fourth-order valence-electron chi connectivity index (χ4n) is 2.58. The molecule has 1 fully saturated rings. The van der Waals surface area contributed by atoms with Gasteiger partial charge in [0, 0.05) is 19.7 Å². The number of nitrogens with zero attached hydrogens (tertiary/aromatic N) is 1. The molecule has 0 aromatic heterocycles. The molecule has 0 saturated heterocycles. The summed E-state index contributed by atoms with van der Waals surface area (Å²) in [6.45, 7) is 6.11. The Morgan fingerprint density at radius 2 is 2.22 bits per heavy atom. The summed E-state index contributed by atoms with van der Waals surface area (Å²) >= 11 is 0. The minimum absolute atomic E-state index is 0.228. The molecule has 0 bridgehead atoms. The first-order valence-electron chi connectivity index (χ1n) is 6.67. The number of carboxylic acids is 1. The van der Waals surface area contributed by atoms with Crippen molar-refractivity contribution >= 4 is 5.97 Å². The highest BCUT2D eigenvalue weighted by Gasteiger charge is 2.51. The third-order valence-corrected chi connectivity index (χ3v) is 3.99. The van der Waals surface area contributed by atoms with Crippen LogP contribution in [0.5, 0.6) is 0 Å². The molecule has 5 nitrogen and oxygen atoms in total. The highest BCUT2D eigenvalue weighted by atomic mass is 16.5. The summed E-state index contributed by atoms with van der Waals surface area (Å²) in [5.41, 5.74) is -0.808. The second kappa shape index (κ2) is 6.50. The van der Waals surface area contributed by atoms with E-state index in [1.54, 1.807) is 14.2 Å². The Balaban J connectivity index is 2.77.